The second kappa shape index (κ2) is 9.06. The third-order valence-corrected chi connectivity index (χ3v) is 7.43. The molecule has 3 aromatic rings. The monoisotopic (exact) mass is 481 g/mol. The molecule has 0 radical (unpaired) electrons. The number of amides is 1. The summed E-state index contributed by atoms with van der Waals surface area (Å²) >= 11 is 6.58. The van der Waals surface area contributed by atoms with Crippen LogP contribution < -0.4 is 0 Å². The normalized spacial score (nSPS) is 21.7. The van der Waals surface area contributed by atoms with Crippen LogP contribution in [0.15, 0.2) is 55.0 Å². The third kappa shape index (κ3) is 4.31. The summed E-state index contributed by atoms with van der Waals surface area (Å²) in [6, 6.07) is 10.7. The van der Waals surface area contributed by atoms with Gasteiger partial charge in [-0.2, -0.15) is 0 Å². The zero-order valence-corrected chi connectivity index (χ0v) is 19.7. The average molecular weight is 482 g/mol. The third-order valence-electron chi connectivity index (χ3n) is 7.12. The fourth-order valence-electron chi connectivity index (χ4n) is 4.61. The number of pyridine rings is 2. The molecule has 3 heterocycles. The van der Waals surface area contributed by atoms with Crippen LogP contribution in [-0.4, -0.2) is 40.0 Å². The van der Waals surface area contributed by atoms with Crippen LogP contribution >= 0.6 is 11.6 Å². The number of carbonyl (C=O) groups excluding carboxylic acids is 1. The zero-order chi connectivity index (χ0) is 23.9. The topological polar surface area (TPSA) is 46.1 Å². The van der Waals surface area contributed by atoms with Crippen molar-refractivity contribution >= 4 is 17.5 Å². The van der Waals surface area contributed by atoms with E-state index in [9.17, 15) is 13.6 Å². The number of benzene rings is 1. The van der Waals surface area contributed by atoms with Gasteiger partial charge in [0, 0.05) is 52.4 Å². The first kappa shape index (κ1) is 22.9. The van der Waals surface area contributed by atoms with E-state index in [1.807, 2.05) is 19.1 Å². The number of aromatic nitrogens is 2. The highest BCUT2D eigenvalue weighted by atomic mass is 35.5. The van der Waals surface area contributed by atoms with E-state index in [4.69, 9.17) is 11.6 Å². The molecule has 2 atom stereocenters. The molecule has 2 aromatic heterocycles. The Morgan fingerprint density at radius 2 is 1.91 bits per heavy atom. The molecule has 4 nitrogen and oxygen atoms in total. The van der Waals surface area contributed by atoms with Crippen molar-refractivity contribution < 1.29 is 13.6 Å². The SMILES string of the molecule is C[C@@H]1CCN(C(=O)c2ccc(-c3cncc(-c4ccnc(C5(F)CCC5)c4)c3)c(Cl)c2)C[C@H]1F. The van der Waals surface area contributed by atoms with Gasteiger partial charge in [-0.3, -0.25) is 14.8 Å². The standard InChI is InChI=1S/C27H26ClF2N3O/c1-17-6-10-33(16-24(17)29)26(34)19-3-4-22(23(28)12-19)21-11-20(14-31-15-21)18-5-9-32-25(13-18)27(30)7-2-8-27/h3-5,9,11-15,17,24H,2,6-8,10,16H2,1H3/t17-,24-/m1/s1. The highest BCUT2D eigenvalue weighted by Crippen LogP contribution is 2.44. The van der Waals surface area contributed by atoms with Gasteiger partial charge < -0.3 is 4.90 Å². The van der Waals surface area contributed by atoms with Crippen molar-refractivity contribution in [2.24, 2.45) is 5.92 Å². The summed E-state index contributed by atoms with van der Waals surface area (Å²) in [7, 11) is 0. The van der Waals surface area contributed by atoms with Gasteiger partial charge in [-0.25, -0.2) is 8.78 Å². The molecule has 0 N–H and O–H groups in total. The summed E-state index contributed by atoms with van der Waals surface area (Å²) in [6.45, 7) is 2.52. The number of alkyl halides is 2. The quantitative estimate of drug-likeness (QED) is 0.420. The van der Waals surface area contributed by atoms with Gasteiger partial charge in [-0.05, 0) is 67.5 Å². The number of likely N-dealkylation sites (tertiary alicyclic amines) is 1. The Hall–Kier alpha value is -2.86. The first-order chi connectivity index (χ1) is 16.3. The molecule has 1 saturated carbocycles. The highest BCUT2D eigenvalue weighted by Gasteiger charge is 2.40. The molecule has 5 rings (SSSR count). The predicted molar refractivity (Wildman–Crippen MR) is 129 cm³/mol. The van der Waals surface area contributed by atoms with E-state index in [-0.39, 0.29) is 18.4 Å². The Balaban J connectivity index is 1.39. The zero-order valence-electron chi connectivity index (χ0n) is 19.0. The molecule has 2 aliphatic rings. The van der Waals surface area contributed by atoms with Crippen molar-refractivity contribution in [3.63, 3.8) is 0 Å². The van der Waals surface area contributed by atoms with Crippen molar-refractivity contribution in [2.75, 3.05) is 13.1 Å². The van der Waals surface area contributed by atoms with E-state index >= 15 is 0 Å². The second-order valence-electron chi connectivity index (χ2n) is 9.44. The summed E-state index contributed by atoms with van der Waals surface area (Å²) in [4.78, 5) is 23.1. The maximum absolute atomic E-state index is 14.9. The Bertz CT molecular complexity index is 1230. The van der Waals surface area contributed by atoms with Gasteiger partial charge in [-0.1, -0.05) is 24.6 Å². The number of hydrogen-bond donors (Lipinski definition) is 0. The highest BCUT2D eigenvalue weighted by molar-refractivity contribution is 6.33. The predicted octanol–water partition coefficient (Wildman–Crippen LogP) is 6.63. The first-order valence-corrected chi connectivity index (χ1v) is 12.1. The molecule has 2 fully saturated rings. The summed E-state index contributed by atoms with van der Waals surface area (Å²) in [6.07, 6.45) is 6.59. The molecule has 0 spiro atoms. The van der Waals surface area contributed by atoms with E-state index in [2.05, 4.69) is 9.97 Å². The Morgan fingerprint density at radius 3 is 2.62 bits per heavy atom. The minimum absolute atomic E-state index is 0.0320. The molecule has 1 aliphatic carbocycles. The molecule has 7 heteroatoms. The lowest BCUT2D eigenvalue weighted by molar-refractivity contribution is 0.0540. The molecule has 1 aromatic carbocycles. The van der Waals surface area contributed by atoms with E-state index in [0.29, 0.717) is 42.1 Å². The molecule has 1 amide bonds. The summed E-state index contributed by atoms with van der Waals surface area (Å²) in [5, 5.41) is 0.416. The molecular weight excluding hydrogens is 456 g/mol. The maximum Gasteiger partial charge on any atom is 0.254 e. The van der Waals surface area contributed by atoms with Crippen LogP contribution in [0.4, 0.5) is 8.78 Å². The van der Waals surface area contributed by atoms with Gasteiger partial charge in [-0.15, -0.1) is 0 Å². The van der Waals surface area contributed by atoms with Gasteiger partial charge in [0.2, 0.25) is 0 Å². The molecule has 34 heavy (non-hydrogen) atoms. The Kier molecular flexibility index (Phi) is 6.11. The number of piperidine rings is 1. The molecular formula is C27H26ClF2N3O. The number of halogens is 3. The molecule has 0 bridgehead atoms. The van der Waals surface area contributed by atoms with Crippen molar-refractivity contribution in [3.05, 3.63) is 71.3 Å². The lowest BCUT2D eigenvalue weighted by atomic mass is 9.79. The van der Waals surface area contributed by atoms with Gasteiger partial charge in [0.1, 0.15) is 6.17 Å². The lowest BCUT2D eigenvalue weighted by Gasteiger charge is -2.33. The fourth-order valence-corrected chi connectivity index (χ4v) is 4.90. The van der Waals surface area contributed by atoms with Crippen LogP contribution in [0.1, 0.15) is 48.7 Å². The number of carbonyl (C=O) groups is 1. The van der Waals surface area contributed by atoms with Crippen molar-refractivity contribution in [2.45, 2.75) is 44.4 Å². The van der Waals surface area contributed by atoms with Gasteiger partial charge >= 0.3 is 0 Å². The van der Waals surface area contributed by atoms with E-state index in [1.165, 1.54) is 0 Å². The number of hydrogen-bond acceptors (Lipinski definition) is 3. The lowest BCUT2D eigenvalue weighted by Crippen LogP contribution is -2.44. The van der Waals surface area contributed by atoms with Crippen LogP contribution in [0.5, 0.6) is 0 Å². The van der Waals surface area contributed by atoms with Gasteiger partial charge in [0.05, 0.1) is 12.2 Å². The van der Waals surface area contributed by atoms with Gasteiger partial charge in [0.15, 0.2) is 5.67 Å². The van der Waals surface area contributed by atoms with Crippen LogP contribution in [0.3, 0.4) is 0 Å². The van der Waals surface area contributed by atoms with Gasteiger partial charge in [0.25, 0.3) is 5.91 Å². The number of nitrogens with zero attached hydrogens (tertiary/aromatic N) is 3. The minimum Gasteiger partial charge on any atom is -0.336 e. The summed E-state index contributed by atoms with van der Waals surface area (Å²) in [5.74, 6) is -0.245. The van der Waals surface area contributed by atoms with Crippen molar-refractivity contribution in [1.82, 2.24) is 14.9 Å². The van der Waals surface area contributed by atoms with Crippen LogP contribution in [0, 0.1) is 5.92 Å². The molecule has 1 saturated heterocycles. The van der Waals surface area contributed by atoms with Crippen LogP contribution in [-0.2, 0) is 5.67 Å². The Labute approximate surface area is 203 Å². The Morgan fingerprint density at radius 1 is 1.12 bits per heavy atom. The second-order valence-corrected chi connectivity index (χ2v) is 9.85. The first-order valence-electron chi connectivity index (χ1n) is 11.7. The fraction of sp³-hybridized carbons (Fsp3) is 0.370. The molecule has 0 unspecified atom stereocenters. The summed E-state index contributed by atoms with van der Waals surface area (Å²) in [5.41, 5.74) is 2.76. The van der Waals surface area contributed by atoms with E-state index < -0.39 is 11.8 Å². The maximum atomic E-state index is 14.9. The average Bonchev–Trinajstić information content (AvgIpc) is 2.84. The number of rotatable bonds is 4. The minimum atomic E-state index is -1.33. The van der Waals surface area contributed by atoms with E-state index in [1.54, 1.807) is 47.8 Å². The summed E-state index contributed by atoms with van der Waals surface area (Å²) < 4.78 is 29.0. The van der Waals surface area contributed by atoms with Crippen LogP contribution in [0.25, 0.3) is 22.3 Å². The van der Waals surface area contributed by atoms with Crippen LogP contribution in [0.2, 0.25) is 5.02 Å². The smallest absolute Gasteiger partial charge is 0.254 e. The van der Waals surface area contributed by atoms with Crippen molar-refractivity contribution in [1.29, 1.82) is 0 Å². The van der Waals surface area contributed by atoms with E-state index in [0.717, 1.165) is 28.7 Å². The molecule has 176 valence electrons. The van der Waals surface area contributed by atoms with Crippen molar-refractivity contribution in [3.8, 4) is 22.3 Å². The largest absolute Gasteiger partial charge is 0.336 e. The molecule has 1 aliphatic heterocycles.